The van der Waals surface area contributed by atoms with Gasteiger partial charge in [-0.3, -0.25) is 4.79 Å². The molecule has 0 fully saturated rings. The van der Waals surface area contributed by atoms with Gasteiger partial charge in [-0.2, -0.15) is 0 Å². The number of benzene rings is 2. The molecule has 0 bridgehead atoms. The van der Waals surface area contributed by atoms with Crippen molar-refractivity contribution in [3.63, 3.8) is 0 Å². The second-order valence-corrected chi connectivity index (χ2v) is 6.85. The summed E-state index contributed by atoms with van der Waals surface area (Å²) in [5, 5.41) is 18.5. The predicted molar refractivity (Wildman–Crippen MR) is 105 cm³/mol. The number of nitrogens with one attached hydrogen (secondary N) is 1. The number of aromatic nitrogens is 4. The van der Waals surface area contributed by atoms with E-state index in [1.807, 2.05) is 36.5 Å². The lowest BCUT2D eigenvalue weighted by Gasteiger charge is -2.08. The van der Waals surface area contributed by atoms with Crippen LogP contribution in [0, 0.1) is 0 Å². The van der Waals surface area contributed by atoms with Crippen LogP contribution in [0.1, 0.15) is 27.2 Å². The van der Waals surface area contributed by atoms with Crippen LogP contribution in [0.15, 0.2) is 59.5 Å². The second kappa shape index (κ2) is 7.28. The monoisotopic (exact) mass is 394 g/mol. The van der Waals surface area contributed by atoms with Gasteiger partial charge in [0.25, 0.3) is 5.56 Å². The van der Waals surface area contributed by atoms with E-state index in [1.54, 1.807) is 16.8 Å². The molecular weight excluding hydrogens is 380 g/mol. The fourth-order valence-corrected chi connectivity index (χ4v) is 3.36. The smallest absolute Gasteiger partial charge is 0.341 e. The summed E-state index contributed by atoms with van der Waals surface area (Å²) >= 11 is 6.19. The van der Waals surface area contributed by atoms with Crippen molar-refractivity contribution in [3.05, 3.63) is 92.5 Å². The lowest BCUT2D eigenvalue weighted by Crippen LogP contribution is -2.17. The summed E-state index contributed by atoms with van der Waals surface area (Å²) in [4.78, 5) is 25.9. The van der Waals surface area contributed by atoms with Gasteiger partial charge in [0.2, 0.25) is 0 Å². The van der Waals surface area contributed by atoms with Gasteiger partial charge in [-0.05, 0) is 29.3 Å². The van der Waals surface area contributed by atoms with Crippen molar-refractivity contribution in [2.45, 2.75) is 13.0 Å². The van der Waals surface area contributed by atoms with Gasteiger partial charge in [0, 0.05) is 23.0 Å². The van der Waals surface area contributed by atoms with E-state index in [-0.39, 0.29) is 5.56 Å². The number of hydrogen-bond acceptors (Lipinski definition) is 4. The molecule has 2 heterocycles. The van der Waals surface area contributed by atoms with Gasteiger partial charge in [0.05, 0.1) is 17.8 Å². The molecule has 28 heavy (non-hydrogen) atoms. The summed E-state index contributed by atoms with van der Waals surface area (Å²) in [7, 11) is 0. The maximum absolute atomic E-state index is 12.1. The maximum atomic E-state index is 12.1. The number of carboxylic acid groups (broad SMARTS) is 1. The molecule has 0 aliphatic carbocycles. The van der Waals surface area contributed by atoms with E-state index in [1.165, 1.54) is 6.07 Å². The molecule has 0 unspecified atom stereocenters. The number of hydrogen-bond donors (Lipinski definition) is 2. The number of pyridine rings is 1. The Morgan fingerprint density at radius 1 is 1.18 bits per heavy atom. The van der Waals surface area contributed by atoms with E-state index in [0.29, 0.717) is 34.5 Å². The molecule has 8 heteroatoms. The van der Waals surface area contributed by atoms with Crippen LogP contribution in [-0.4, -0.2) is 31.1 Å². The van der Waals surface area contributed by atoms with Crippen molar-refractivity contribution < 1.29 is 9.90 Å². The number of aromatic amines is 1. The molecule has 0 radical (unpaired) electrons. The first kappa shape index (κ1) is 17.9. The summed E-state index contributed by atoms with van der Waals surface area (Å²) in [6, 6.07) is 14.6. The molecule has 0 aliphatic heterocycles. The Morgan fingerprint density at radius 3 is 2.71 bits per heavy atom. The van der Waals surface area contributed by atoms with Crippen molar-refractivity contribution in [1.82, 2.24) is 20.0 Å². The van der Waals surface area contributed by atoms with Crippen molar-refractivity contribution >= 4 is 28.5 Å². The van der Waals surface area contributed by atoms with Gasteiger partial charge in [-0.1, -0.05) is 47.1 Å². The average Bonchev–Trinajstić information content (AvgIpc) is 3.09. The topological polar surface area (TPSA) is 101 Å². The Kier molecular flexibility index (Phi) is 4.67. The quantitative estimate of drug-likeness (QED) is 0.541. The molecule has 2 aromatic carbocycles. The average molecular weight is 395 g/mol. The molecule has 2 N–H and O–H groups in total. The number of halogens is 1. The zero-order valence-electron chi connectivity index (χ0n) is 14.6. The van der Waals surface area contributed by atoms with Crippen LogP contribution in [-0.2, 0) is 13.0 Å². The number of carbonyl (C=O) groups is 1. The highest BCUT2D eigenvalue weighted by Gasteiger charge is 2.13. The number of H-pyrrole nitrogens is 1. The van der Waals surface area contributed by atoms with Crippen LogP contribution in [0.5, 0.6) is 0 Å². The second-order valence-electron chi connectivity index (χ2n) is 6.42. The third kappa shape index (κ3) is 3.65. The molecule has 0 amide bonds. The van der Waals surface area contributed by atoms with Gasteiger partial charge in [0.1, 0.15) is 5.56 Å². The fourth-order valence-electron chi connectivity index (χ4n) is 3.11. The third-order valence-electron chi connectivity index (χ3n) is 4.38. The Bertz CT molecular complexity index is 1230. The SMILES string of the molecule is O=C(O)c1cc2cc(Cl)cc(Cn3cc(Cc4ccccc4)nn3)c2[nH]c1=O. The summed E-state index contributed by atoms with van der Waals surface area (Å²) in [6.45, 7) is 0.335. The predicted octanol–water partition coefficient (Wildman–Crippen LogP) is 3.11. The zero-order valence-corrected chi connectivity index (χ0v) is 15.3. The summed E-state index contributed by atoms with van der Waals surface area (Å²) in [5.41, 5.74) is 2.21. The summed E-state index contributed by atoms with van der Waals surface area (Å²) in [5.74, 6) is -1.29. The van der Waals surface area contributed by atoms with Crippen LogP contribution in [0.4, 0.5) is 0 Å². The lowest BCUT2D eigenvalue weighted by atomic mass is 10.1. The molecule has 4 aromatic rings. The molecule has 4 rings (SSSR count). The van der Waals surface area contributed by atoms with E-state index in [2.05, 4.69) is 15.3 Å². The Labute approximate surface area is 164 Å². The van der Waals surface area contributed by atoms with E-state index in [4.69, 9.17) is 16.7 Å². The van der Waals surface area contributed by atoms with Gasteiger partial charge in [-0.25, -0.2) is 9.48 Å². The minimum atomic E-state index is -1.29. The molecular formula is C20H15ClN4O3. The Morgan fingerprint density at radius 2 is 1.96 bits per heavy atom. The molecule has 0 aliphatic rings. The van der Waals surface area contributed by atoms with E-state index in [0.717, 1.165) is 11.3 Å². The Balaban J connectivity index is 1.67. The van der Waals surface area contributed by atoms with Gasteiger partial charge in [-0.15, -0.1) is 5.10 Å². The number of fused-ring (bicyclic) bond motifs is 1. The van der Waals surface area contributed by atoms with Crippen LogP contribution in [0.3, 0.4) is 0 Å². The minimum absolute atomic E-state index is 0.327. The first-order valence-corrected chi connectivity index (χ1v) is 8.89. The van der Waals surface area contributed by atoms with Gasteiger partial charge < -0.3 is 10.1 Å². The molecule has 0 atom stereocenters. The first-order chi connectivity index (χ1) is 13.5. The van der Waals surface area contributed by atoms with Gasteiger partial charge in [0.15, 0.2) is 0 Å². The normalized spacial score (nSPS) is 11.0. The van der Waals surface area contributed by atoms with Crippen LogP contribution < -0.4 is 5.56 Å². The number of nitrogens with zero attached hydrogens (tertiary/aromatic N) is 3. The number of carboxylic acids is 1. The standard InChI is InChI=1S/C20H15ClN4O3/c21-15-7-13-9-17(20(27)28)19(26)22-18(13)14(8-15)10-25-11-16(23-24-25)6-12-4-2-1-3-5-12/h1-5,7-9,11H,6,10H2,(H,22,26)(H,27,28). The van der Waals surface area contributed by atoms with E-state index in [9.17, 15) is 9.59 Å². The fraction of sp³-hybridized carbons (Fsp3) is 0.100. The van der Waals surface area contributed by atoms with Crippen molar-refractivity contribution in [3.8, 4) is 0 Å². The highest BCUT2D eigenvalue weighted by atomic mass is 35.5. The number of aromatic carboxylic acids is 1. The molecule has 0 saturated heterocycles. The molecule has 2 aromatic heterocycles. The molecule has 0 saturated carbocycles. The zero-order chi connectivity index (χ0) is 19.7. The van der Waals surface area contributed by atoms with Crippen molar-refractivity contribution in [2.75, 3.05) is 0 Å². The highest BCUT2D eigenvalue weighted by molar-refractivity contribution is 6.31. The minimum Gasteiger partial charge on any atom is -0.477 e. The first-order valence-electron chi connectivity index (χ1n) is 8.51. The Hall–Kier alpha value is -3.45. The van der Waals surface area contributed by atoms with Gasteiger partial charge >= 0.3 is 5.97 Å². The van der Waals surface area contributed by atoms with Crippen LogP contribution in [0.25, 0.3) is 10.9 Å². The van der Waals surface area contributed by atoms with E-state index >= 15 is 0 Å². The van der Waals surface area contributed by atoms with Crippen molar-refractivity contribution in [1.29, 1.82) is 0 Å². The van der Waals surface area contributed by atoms with Crippen molar-refractivity contribution in [2.24, 2.45) is 0 Å². The third-order valence-corrected chi connectivity index (χ3v) is 4.59. The summed E-state index contributed by atoms with van der Waals surface area (Å²) in [6.07, 6.45) is 2.50. The van der Waals surface area contributed by atoms with E-state index < -0.39 is 11.5 Å². The highest BCUT2D eigenvalue weighted by Crippen LogP contribution is 2.23. The molecule has 0 spiro atoms. The van der Waals surface area contributed by atoms with Crippen LogP contribution in [0.2, 0.25) is 5.02 Å². The maximum Gasteiger partial charge on any atom is 0.341 e. The summed E-state index contributed by atoms with van der Waals surface area (Å²) < 4.78 is 1.66. The number of rotatable bonds is 5. The molecule has 7 nitrogen and oxygen atoms in total. The lowest BCUT2D eigenvalue weighted by molar-refractivity contribution is 0.0695. The van der Waals surface area contributed by atoms with Crippen LogP contribution >= 0.6 is 11.6 Å². The largest absolute Gasteiger partial charge is 0.477 e. The molecule has 140 valence electrons.